The van der Waals surface area contributed by atoms with Gasteiger partial charge >= 0.3 is 5.97 Å². The van der Waals surface area contributed by atoms with Crippen LogP contribution in [0.2, 0.25) is 0 Å². The van der Waals surface area contributed by atoms with Crippen molar-refractivity contribution in [3.63, 3.8) is 0 Å². The highest BCUT2D eigenvalue weighted by Gasteiger charge is 2.30. The number of rotatable bonds is 5. The smallest absolute Gasteiger partial charge is 0.348 e. The maximum absolute atomic E-state index is 12.0. The Labute approximate surface area is 134 Å². The molecule has 1 aliphatic carbocycles. The Morgan fingerprint density at radius 1 is 1.50 bits per heavy atom. The zero-order valence-electron chi connectivity index (χ0n) is 13.1. The Kier molecular flexibility index (Phi) is 4.87. The third-order valence-corrected chi connectivity index (χ3v) is 5.29. The standard InChI is InChI=1S/C16H20N2O3S/c1-10(2)16(3,9-17)18-14(19)8-21-15(20)13-7-11-5-4-6-12(11)22-13/h7,10H,4-6,8H2,1-3H3,(H,18,19)/t16-/m0/s1. The van der Waals surface area contributed by atoms with E-state index in [1.807, 2.05) is 19.9 Å². The number of nitrogens with zero attached hydrogens (tertiary/aromatic N) is 1. The lowest BCUT2D eigenvalue weighted by Gasteiger charge is -2.27. The molecule has 0 bridgehead atoms. The summed E-state index contributed by atoms with van der Waals surface area (Å²) in [6, 6.07) is 3.95. The number of ether oxygens (including phenoxy) is 1. The predicted molar refractivity (Wildman–Crippen MR) is 83.6 cm³/mol. The second-order valence-electron chi connectivity index (χ2n) is 6.01. The minimum atomic E-state index is -0.965. The minimum absolute atomic E-state index is 0.0441. The number of thiophene rings is 1. The van der Waals surface area contributed by atoms with E-state index in [0.29, 0.717) is 4.88 Å². The Morgan fingerprint density at radius 3 is 2.82 bits per heavy atom. The first kappa shape index (κ1) is 16.5. The van der Waals surface area contributed by atoms with Crippen molar-refractivity contribution >= 4 is 23.2 Å². The van der Waals surface area contributed by atoms with Crippen LogP contribution in [0.1, 0.15) is 47.3 Å². The van der Waals surface area contributed by atoms with Gasteiger partial charge in [-0.3, -0.25) is 4.79 Å². The molecule has 5 nitrogen and oxygen atoms in total. The number of amides is 1. The maximum atomic E-state index is 12.0. The highest BCUT2D eigenvalue weighted by Crippen LogP contribution is 2.30. The van der Waals surface area contributed by atoms with Crippen molar-refractivity contribution in [3.05, 3.63) is 21.4 Å². The van der Waals surface area contributed by atoms with E-state index in [-0.39, 0.29) is 12.5 Å². The van der Waals surface area contributed by atoms with Gasteiger partial charge in [-0.15, -0.1) is 11.3 Å². The predicted octanol–water partition coefficient (Wildman–Crippen LogP) is 2.45. The third kappa shape index (κ3) is 3.47. The zero-order valence-corrected chi connectivity index (χ0v) is 13.9. The van der Waals surface area contributed by atoms with Crippen molar-refractivity contribution in [2.45, 2.75) is 45.6 Å². The number of carbonyl (C=O) groups excluding carboxylic acids is 2. The SMILES string of the molecule is CC(C)[C@](C)(C#N)NC(=O)COC(=O)c1cc2c(s1)CCC2. The van der Waals surface area contributed by atoms with Crippen molar-refractivity contribution in [1.82, 2.24) is 5.32 Å². The second kappa shape index (κ2) is 6.49. The molecule has 0 fully saturated rings. The molecule has 0 aromatic carbocycles. The van der Waals surface area contributed by atoms with Gasteiger partial charge in [0.25, 0.3) is 5.91 Å². The highest BCUT2D eigenvalue weighted by molar-refractivity contribution is 7.14. The Balaban J connectivity index is 1.88. The molecule has 0 saturated carbocycles. The molecule has 1 aromatic heterocycles. The normalized spacial score (nSPS) is 15.8. The summed E-state index contributed by atoms with van der Waals surface area (Å²) in [4.78, 5) is 25.6. The van der Waals surface area contributed by atoms with Crippen LogP contribution in [0.4, 0.5) is 0 Å². The average molecular weight is 320 g/mol. The summed E-state index contributed by atoms with van der Waals surface area (Å²) < 4.78 is 5.05. The monoisotopic (exact) mass is 320 g/mol. The van der Waals surface area contributed by atoms with Gasteiger partial charge in [-0.25, -0.2) is 4.79 Å². The number of carbonyl (C=O) groups is 2. The molecular formula is C16H20N2O3S. The first-order chi connectivity index (χ1) is 10.4. The molecule has 2 rings (SSSR count). The molecule has 0 spiro atoms. The largest absolute Gasteiger partial charge is 0.451 e. The van der Waals surface area contributed by atoms with E-state index in [1.165, 1.54) is 21.8 Å². The summed E-state index contributed by atoms with van der Waals surface area (Å²) in [5.74, 6) is -0.981. The van der Waals surface area contributed by atoms with E-state index in [0.717, 1.165) is 19.3 Å². The molecule has 1 atom stereocenters. The van der Waals surface area contributed by atoms with Crippen LogP contribution in [0, 0.1) is 17.2 Å². The van der Waals surface area contributed by atoms with Crippen LogP contribution in [0.25, 0.3) is 0 Å². The van der Waals surface area contributed by atoms with Crippen LogP contribution in [0.3, 0.4) is 0 Å². The Bertz CT molecular complexity index is 608. The molecule has 22 heavy (non-hydrogen) atoms. The number of fused-ring (bicyclic) bond motifs is 1. The van der Waals surface area contributed by atoms with Gasteiger partial charge in [-0.05, 0) is 43.7 Å². The van der Waals surface area contributed by atoms with Crippen molar-refractivity contribution in [3.8, 4) is 6.07 Å². The van der Waals surface area contributed by atoms with Gasteiger partial charge in [0.2, 0.25) is 0 Å². The summed E-state index contributed by atoms with van der Waals surface area (Å²) >= 11 is 1.45. The van der Waals surface area contributed by atoms with Crippen LogP contribution in [0.5, 0.6) is 0 Å². The first-order valence-electron chi connectivity index (χ1n) is 7.36. The summed E-state index contributed by atoms with van der Waals surface area (Å²) in [5, 5.41) is 11.8. The van der Waals surface area contributed by atoms with Gasteiger partial charge in [0.1, 0.15) is 10.4 Å². The van der Waals surface area contributed by atoms with Crippen LogP contribution in [-0.2, 0) is 22.4 Å². The van der Waals surface area contributed by atoms with Gasteiger partial charge in [-0.2, -0.15) is 5.26 Å². The molecule has 0 unspecified atom stereocenters. The summed E-state index contributed by atoms with van der Waals surface area (Å²) in [6.07, 6.45) is 3.16. The lowest BCUT2D eigenvalue weighted by molar-refractivity contribution is -0.125. The molecule has 1 amide bonds. The number of nitrogens with one attached hydrogen (secondary N) is 1. The van der Waals surface area contributed by atoms with E-state index >= 15 is 0 Å². The van der Waals surface area contributed by atoms with Gasteiger partial charge < -0.3 is 10.1 Å². The molecule has 1 aliphatic rings. The first-order valence-corrected chi connectivity index (χ1v) is 8.18. The van der Waals surface area contributed by atoms with Crippen molar-refractivity contribution in [2.75, 3.05) is 6.61 Å². The van der Waals surface area contributed by atoms with Gasteiger partial charge in [-0.1, -0.05) is 13.8 Å². The van der Waals surface area contributed by atoms with Gasteiger partial charge in [0.15, 0.2) is 6.61 Å². The highest BCUT2D eigenvalue weighted by atomic mass is 32.1. The maximum Gasteiger partial charge on any atom is 0.348 e. The van der Waals surface area contributed by atoms with E-state index < -0.39 is 17.4 Å². The van der Waals surface area contributed by atoms with Crippen molar-refractivity contribution < 1.29 is 14.3 Å². The van der Waals surface area contributed by atoms with E-state index in [1.54, 1.807) is 6.92 Å². The minimum Gasteiger partial charge on any atom is -0.451 e. The van der Waals surface area contributed by atoms with Crippen molar-refractivity contribution in [2.24, 2.45) is 5.92 Å². The Morgan fingerprint density at radius 2 is 2.23 bits per heavy atom. The van der Waals surface area contributed by atoms with Crippen molar-refractivity contribution in [1.29, 1.82) is 5.26 Å². The molecule has 0 saturated heterocycles. The van der Waals surface area contributed by atoms with Crippen LogP contribution in [0.15, 0.2) is 6.07 Å². The number of aryl methyl sites for hydroxylation is 2. The molecule has 0 radical (unpaired) electrons. The Hall–Kier alpha value is -1.87. The molecular weight excluding hydrogens is 300 g/mol. The lowest BCUT2D eigenvalue weighted by Crippen LogP contribution is -2.50. The summed E-state index contributed by atoms with van der Waals surface area (Å²) in [5.41, 5.74) is 0.256. The molecule has 118 valence electrons. The lowest BCUT2D eigenvalue weighted by atomic mass is 9.90. The van der Waals surface area contributed by atoms with E-state index in [9.17, 15) is 9.59 Å². The fraction of sp³-hybridized carbons (Fsp3) is 0.562. The molecule has 6 heteroatoms. The van der Waals surface area contributed by atoms with Crippen LogP contribution >= 0.6 is 11.3 Å². The molecule has 0 aliphatic heterocycles. The zero-order chi connectivity index (χ0) is 16.3. The van der Waals surface area contributed by atoms with Crippen LogP contribution in [-0.4, -0.2) is 24.0 Å². The third-order valence-electron chi connectivity index (χ3n) is 4.07. The number of nitriles is 1. The average Bonchev–Trinajstić information content (AvgIpc) is 3.05. The number of esters is 1. The number of hydrogen-bond acceptors (Lipinski definition) is 5. The van der Waals surface area contributed by atoms with E-state index in [2.05, 4.69) is 11.4 Å². The molecule has 1 heterocycles. The second-order valence-corrected chi connectivity index (χ2v) is 7.14. The van der Waals surface area contributed by atoms with Crippen LogP contribution < -0.4 is 5.32 Å². The fourth-order valence-electron chi connectivity index (χ4n) is 2.26. The summed E-state index contributed by atoms with van der Waals surface area (Å²) in [6.45, 7) is 4.98. The number of hydrogen-bond donors (Lipinski definition) is 1. The summed E-state index contributed by atoms with van der Waals surface area (Å²) in [7, 11) is 0. The molecule has 1 aromatic rings. The molecule has 1 N–H and O–H groups in total. The van der Waals surface area contributed by atoms with Gasteiger partial charge in [0, 0.05) is 4.88 Å². The van der Waals surface area contributed by atoms with Gasteiger partial charge in [0.05, 0.1) is 6.07 Å². The topological polar surface area (TPSA) is 79.2 Å². The quantitative estimate of drug-likeness (QED) is 0.845. The fourth-order valence-corrected chi connectivity index (χ4v) is 3.41. The van der Waals surface area contributed by atoms with E-state index in [4.69, 9.17) is 10.00 Å².